The molecule has 0 unspecified atom stereocenters. The number of tetrazole rings is 1. The molecule has 0 saturated heterocycles. The molecule has 2 aromatic carbocycles. The number of thioether (sulfide) groups is 1. The van der Waals surface area contributed by atoms with Gasteiger partial charge in [0.25, 0.3) is 0 Å². The summed E-state index contributed by atoms with van der Waals surface area (Å²) >= 11 is 2.81. The van der Waals surface area contributed by atoms with Gasteiger partial charge in [-0.25, -0.2) is 4.98 Å². The largest absolute Gasteiger partial charge is 0.496 e. The second-order valence-corrected chi connectivity index (χ2v) is 8.01. The van der Waals surface area contributed by atoms with Crippen LogP contribution in [-0.2, 0) is 4.79 Å². The molecule has 10 heteroatoms. The zero-order valence-electron chi connectivity index (χ0n) is 16.1. The van der Waals surface area contributed by atoms with Crippen molar-refractivity contribution < 1.29 is 9.53 Å². The molecule has 0 saturated carbocycles. The van der Waals surface area contributed by atoms with Crippen molar-refractivity contribution in [1.29, 1.82) is 0 Å². The number of amides is 1. The molecule has 1 N–H and O–H groups in total. The molecule has 4 rings (SSSR count). The molecule has 2 aromatic heterocycles. The molecule has 0 aliphatic carbocycles. The minimum atomic E-state index is -0.109. The van der Waals surface area contributed by atoms with Gasteiger partial charge in [0.05, 0.1) is 18.5 Å². The molecule has 30 heavy (non-hydrogen) atoms. The first-order chi connectivity index (χ1) is 14.7. The third-order valence-electron chi connectivity index (χ3n) is 4.14. The van der Waals surface area contributed by atoms with E-state index in [1.807, 2.05) is 60.0 Å². The number of para-hydroxylation sites is 2. The highest BCUT2D eigenvalue weighted by molar-refractivity contribution is 7.99. The molecule has 0 spiro atoms. The highest BCUT2D eigenvalue weighted by Gasteiger charge is 2.13. The van der Waals surface area contributed by atoms with Crippen molar-refractivity contribution in [3.05, 3.63) is 60.0 Å². The summed E-state index contributed by atoms with van der Waals surface area (Å²) in [5.74, 6) is 1.18. The number of hydrogen-bond donors (Lipinski definition) is 1. The van der Waals surface area contributed by atoms with E-state index in [4.69, 9.17) is 4.74 Å². The van der Waals surface area contributed by atoms with Gasteiger partial charge in [-0.1, -0.05) is 42.1 Å². The number of anilines is 1. The Labute approximate surface area is 181 Å². The van der Waals surface area contributed by atoms with Crippen LogP contribution in [0, 0.1) is 0 Å². The van der Waals surface area contributed by atoms with Crippen LogP contribution in [0.4, 0.5) is 5.13 Å². The van der Waals surface area contributed by atoms with Crippen molar-refractivity contribution in [1.82, 2.24) is 25.2 Å². The topological polar surface area (TPSA) is 94.8 Å². The fraction of sp³-hybridized carbons (Fsp3) is 0.150. The first-order valence-corrected chi connectivity index (χ1v) is 11.0. The molecule has 0 fully saturated rings. The quantitative estimate of drug-likeness (QED) is 0.417. The third kappa shape index (κ3) is 4.66. The number of carbonyl (C=O) groups is 1. The van der Waals surface area contributed by atoms with Crippen LogP contribution in [0.15, 0.2) is 65.1 Å². The first-order valence-electron chi connectivity index (χ1n) is 9.10. The lowest BCUT2D eigenvalue weighted by atomic mass is 10.1. The Morgan fingerprint density at radius 2 is 1.97 bits per heavy atom. The Morgan fingerprint density at radius 3 is 2.80 bits per heavy atom. The molecule has 0 atom stereocenters. The van der Waals surface area contributed by atoms with Crippen LogP contribution in [0.1, 0.15) is 6.42 Å². The van der Waals surface area contributed by atoms with Gasteiger partial charge >= 0.3 is 0 Å². The van der Waals surface area contributed by atoms with E-state index in [1.165, 1.54) is 23.1 Å². The lowest BCUT2D eigenvalue weighted by Gasteiger charge is -2.05. The number of benzene rings is 2. The van der Waals surface area contributed by atoms with Crippen LogP contribution in [0.3, 0.4) is 0 Å². The Balaban J connectivity index is 1.32. The van der Waals surface area contributed by atoms with Crippen molar-refractivity contribution in [2.24, 2.45) is 0 Å². The Morgan fingerprint density at radius 1 is 1.17 bits per heavy atom. The molecule has 1 amide bonds. The minimum Gasteiger partial charge on any atom is -0.496 e. The lowest BCUT2D eigenvalue weighted by Crippen LogP contribution is -2.12. The maximum absolute atomic E-state index is 12.3. The van der Waals surface area contributed by atoms with Crippen molar-refractivity contribution in [2.45, 2.75) is 11.6 Å². The fourth-order valence-corrected chi connectivity index (χ4v) is 4.28. The van der Waals surface area contributed by atoms with Crippen LogP contribution in [0.5, 0.6) is 5.75 Å². The van der Waals surface area contributed by atoms with Gasteiger partial charge in [-0.15, -0.1) is 16.4 Å². The minimum absolute atomic E-state index is 0.109. The SMILES string of the molecule is COc1ccccc1-c1csc(NC(=O)CCSc2nnnn2-c2ccccc2)n1. The summed E-state index contributed by atoms with van der Waals surface area (Å²) in [6, 6.07) is 17.3. The van der Waals surface area contributed by atoms with Crippen LogP contribution < -0.4 is 10.1 Å². The average Bonchev–Trinajstić information content (AvgIpc) is 3.44. The van der Waals surface area contributed by atoms with Crippen molar-refractivity contribution in [3.63, 3.8) is 0 Å². The molecule has 8 nitrogen and oxygen atoms in total. The van der Waals surface area contributed by atoms with Gasteiger partial charge in [-0.05, 0) is 34.7 Å². The van der Waals surface area contributed by atoms with Gasteiger partial charge in [-0.2, -0.15) is 4.68 Å². The smallest absolute Gasteiger partial charge is 0.226 e. The fourth-order valence-electron chi connectivity index (χ4n) is 2.73. The number of aromatic nitrogens is 5. The Kier molecular flexibility index (Phi) is 6.35. The Hall–Kier alpha value is -3.24. The maximum atomic E-state index is 12.3. The summed E-state index contributed by atoms with van der Waals surface area (Å²) < 4.78 is 7.03. The average molecular weight is 439 g/mol. The van der Waals surface area contributed by atoms with Gasteiger partial charge in [0.2, 0.25) is 11.1 Å². The van der Waals surface area contributed by atoms with Crippen LogP contribution in [-0.4, -0.2) is 44.0 Å². The second-order valence-electron chi connectivity index (χ2n) is 6.09. The summed E-state index contributed by atoms with van der Waals surface area (Å²) in [5, 5.41) is 17.7. The molecule has 0 bridgehead atoms. The molecule has 0 radical (unpaired) electrons. The monoisotopic (exact) mass is 438 g/mol. The van der Waals surface area contributed by atoms with Gasteiger partial charge in [-0.3, -0.25) is 4.79 Å². The van der Waals surface area contributed by atoms with E-state index in [0.29, 0.717) is 22.5 Å². The highest BCUT2D eigenvalue weighted by Crippen LogP contribution is 2.32. The summed E-state index contributed by atoms with van der Waals surface area (Å²) in [5.41, 5.74) is 2.53. The summed E-state index contributed by atoms with van der Waals surface area (Å²) in [6.07, 6.45) is 0.315. The molecular weight excluding hydrogens is 420 g/mol. The molecule has 0 aliphatic heterocycles. The van der Waals surface area contributed by atoms with Crippen LogP contribution in [0.25, 0.3) is 16.9 Å². The summed E-state index contributed by atoms with van der Waals surface area (Å²) in [6.45, 7) is 0. The standard InChI is InChI=1S/C20H18N6O2S2/c1-28-17-10-6-5-9-15(17)16-13-30-19(21-16)22-18(27)11-12-29-20-23-24-25-26(20)14-7-3-2-4-8-14/h2-10,13H,11-12H2,1H3,(H,21,22,27). The lowest BCUT2D eigenvalue weighted by molar-refractivity contribution is -0.115. The van der Waals surface area contributed by atoms with Gasteiger partial charge < -0.3 is 10.1 Å². The highest BCUT2D eigenvalue weighted by atomic mass is 32.2. The number of thiazole rings is 1. The molecule has 2 heterocycles. The third-order valence-corrected chi connectivity index (χ3v) is 5.81. The number of ether oxygens (including phenoxy) is 1. The van der Waals surface area contributed by atoms with E-state index in [-0.39, 0.29) is 5.91 Å². The van der Waals surface area contributed by atoms with Crippen molar-refractivity contribution >= 4 is 34.1 Å². The zero-order valence-corrected chi connectivity index (χ0v) is 17.7. The molecule has 0 aliphatic rings. The molecule has 152 valence electrons. The predicted molar refractivity (Wildman–Crippen MR) is 117 cm³/mol. The number of nitrogens with zero attached hydrogens (tertiary/aromatic N) is 5. The van der Waals surface area contributed by atoms with E-state index >= 15 is 0 Å². The Bertz CT molecular complexity index is 1130. The summed E-state index contributed by atoms with van der Waals surface area (Å²) in [4.78, 5) is 16.8. The van der Waals surface area contributed by atoms with Gasteiger partial charge in [0, 0.05) is 23.1 Å². The van der Waals surface area contributed by atoms with Gasteiger partial charge in [0.1, 0.15) is 5.75 Å². The normalized spacial score (nSPS) is 10.7. The van der Waals surface area contributed by atoms with Crippen LogP contribution >= 0.6 is 23.1 Å². The van der Waals surface area contributed by atoms with Crippen molar-refractivity contribution in [3.8, 4) is 22.7 Å². The molecular formula is C20H18N6O2S2. The van der Waals surface area contributed by atoms with E-state index in [2.05, 4.69) is 25.8 Å². The number of nitrogens with one attached hydrogen (secondary N) is 1. The van der Waals surface area contributed by atoms with E-state index in [9.17, 15) is 4.79 Å². The number of methoxy groups -OCH3 is 1. The number of hydrogen-bond acceptors (Lipinski definition) is 8. The first kappa shape index (κ1) is 20.0. The van der Waals surface area contributed by atoms with Crippen LogP contribution in [0.2, 0.25) is 0 Å². The number of carbonyl (C=O) groups excluding carboxylic acids is 1. The summed E-state index contributed by atoms with van der Waals surface area (Å²) in [7, 11) is 1.62. The predicted octanol–water partition coefficient (Wildman–Crippen LogP) is 3.92. The molecule has 4 aromatic rings. The van der Waals surface area contributed by atoms with E-state index in [0.717, 1.165) is 22.7 Å². The maximum Gasteiger partial charge on any atom is 0.226 e. The number of rotatable bonds is 8. The second kappa shape index (κ2) is 9.51. The zero-order chi connectivity index (χ0) is 20.8. The van der Waals surface area contributed by atoms with Crippen molar-refractivity contribution in [2.75, 3.05) is 18.2 Å². The van der Waals surface area contributed by atoms with E-state index in [1.54, 1.807) is 11.8 Å². The van der Waals surface area contributed by atoms with Gasteiger partial charge in [0.15, 0.2) is 5.13 Å². The van der Waals surface area contributed by atoms with E-state index < -0.39 is 0 Å².